The lowest BCUT2D eigenvalue weighted by molar-refractivity contribution is 0.0725. The van der Waals surface area contributed by atoms with E-state index in [0.717, 1.165) is 31.4 Å². The molecule has 7 rings (SSSR count). The molecule has 0 aliphatic carbocycles. The van der Waals surface area contributed by atoms with E-state index in [-0.39, 0.29) is 36.6 Å². The van der Waals surface area contributed by atoms with Gasteiger partial charge in [0.05, 0.1) is 41.2 Å². The first-order valence-electron chi connectivity index (χ1n) is 15.4. The SMILES string of the molecule is CCn1c(-c2nonc2N)nc2cncc(C(=O)N3CCCCC3)c21.CCn1c(-c2nonc2N)nc2cncc(C(=O)NCCO)c21. The number of rotatable bonds is 8. The Morgan fingerprint density at radius 2 is 1.31 bits per heavy atom. The second-order valence-electron chi connectivity index (χ2n) is 10.8. The topological polar surface area (TPSA) is 261 Å². The van der Waals surface area contributed by atoms with Gasteiger partial charge < -0.3 is 35.9 Å². The maximum atomic E-state index is 13.0. The van der Waals surface area contributed by atoms with Gasteiger partial charge in [0, 0.05) is 45.1 Å². The Balaban J connectivity index is 0.000000168. The first-order valence-corrected chi connectivity index (χ1v) is 15.4. The van der Waals surface area contributed by atoms with Gasteiger partial charge in [-0.1, -0.05) is 0 Å². The first kappa shape index (κ1) is 32.0. The van der Waals surface area contributed by atoms with Gasteiger partial charge in [0.2, 0.25) is 0 Å². The summed E-state index contributed by atoms with van der Waals surface area (Å²) in [6, 6.07) is 0. The standard InChI is InChI=1S/C16H19N7O2.C13H15N7O3/c1-2-23-13-10(16(24)22-6-4-3-5-7-22)8-18-9-11(13)19-15(23)12-14(17)21-25-20-12;1-2-20-10-7(13(22)16-3-4-21)5-15-6-8(10)17-12(20)9-11(14)19-23-18-9/h8-9H,2-7H2,1H3,(H2,17,21);5-6,21H,2-4H2,1H3,(H2,14,19)(H,16,22). The van der Waals surface area contributed by atoms with Gasteiger partial charge >= 0.3 is 0 Å². The largest absolute Gasteiger partial charge is 0.395 e. The van der Waals surface area contributed by atoms with E-state index in [9.17, 15) is 9.59 Å². The van der Waals surface area contributed by atoms with Gasteiger partial charge in [-0.15, -0.1) is 0 Å². The summed E-state index contributed by atoms with van der Waals surface area (Å²) >= 11 is 0. The zero-order chi connectivity index (χ0) is 33.8. The molecule has 0 aromatic carbocycles. The molecular formula is C29H34N14O5. The van der Waals surface area contributed by atoms with E-state index >= 15 is 0 Å². The number of imidazole rings is 2. The van der Waals surface area contributed by atoms with Crippen molar-refractivity contribution in [3.8, 4) is 23.0 Å². The lowest BCUT2D eigenvalue weighted by Gasteiger charge is -2.27. The summed E-state index contributed by atoms with van der Waals surface area (Å²) in [7, 11) is 0. The number of nitrogens with two attached hydrogens (primary N) is 2. The minimum absolute atomic E-state index is 0.00907. The zero-order valence-corrected chi connectivity index (χ0v) is 26.3. The third kappa shape index (κ3) is 5.85. The number of aryl methyl sites for hydroxylation is 2. The number of nitrogens with one attached hydrogen (secondary N) is 1. The van der Waals surface area contributed by atoms with Gasteiger partial charge in [0.1, 0.15) is 11.0 Å². The fraction of sp³-hybridized carbons (Fsp3) is 0.379. The highest BCUT2D eigenvalue weighted by Gasteiger charge is 2.26. The number of aromatic nitrogens is 10. The molecule has 250 valence electrons. The first-order chi connectivity index (χ1) is 23.4. The molecule has 1 fully saturated rings. The fourth-order valence-corrected chi connectivity index (χ4v) is 5.71. The minimum atomic E-state index is -0.343. The van der Waals surface area contributed by atoms with Crippen LogP contribution in [0.25, 0.3) is 45.1 Å². The van der Waals surface area contributed by atoms with E-state index in [0.29, 0.717) is 63.8 Å². The Morgan fingerprint density at radius 3 is 1.79 bits per heavy atom. The number of nitrogens with zero attached hydrogens (tertiary/aromatic N) is 11. The van der Waals surface area contributed by atoms with E-state index in [1.54, 1.807) is 23.2 Å². The molecule has 2 amide bonds. The molecular weight excluding hydrogens is 624 g/mol. The molecule has 1 saturated heterocycles. The second kappa shape index (κ2) is 13.8. The van der Waals surface area contributed by atoms with Gasteiger partial charge in [-0.05, 0) is 53.7 Å². The van der Waals surface area contributed by atoms with Crippen molar-refractivity contribution in [2.24, 2.45) is 0 Å². The van der Waals surface area contributed by atoms with E-state index < -0.39 is 0 Å². The quantitative estimate of drug-likeness (QED) is 0.181. The van der Waals surface area contributed by atoms with Gasteiger partial charge in [-0.25, -0.2) is 19.2 Å². The average molecular weight is 659 g/mol. The van der Waals surface area contributed by atoms with Crippen LogP contribution in [-0.2, 0) is 13.1 Å². The number of hydrogen-bond donors (Lipinski definition) is 4. The maximum Gasteiger partial charge on any atom is 0.257 e. The number of piperidine rings is 1. The molecule has 0 unspecified atom stereocenters. The molecule has 0 spiro atoms. The van der Waals surface area contributed by atoms with Gasteiger partial charge in [0.15, 0.2) is 34.7 Å². The van der Waals surface area contributed by atoms with Crippen LogP contribution < -0.4 is 16.8 Å². The van der Waals surface area contributed by atoms with Crippen molar-refractivity contribution in [1.82, 2.24) is 59.9 Å². The number of likely N-dealkylation sites (tertiary alicyclic amines) is 1. The number of carbonyl (C=O) groups excluding carboxylic acids is 2. The fourth-order valence-electron chi connectivity index (χ4n) is 5.71. The third-order valence-electron chi connectivity index (χ3n) is 7.90. The molecule has 6 aromatic heterocycles. The van der Waals surface area contributed by atoms with Crippen LogP contribution in [-0.4, -0.2) is 97.8 Å². The number of carbonyl (C=O) groups is 2. The monoisotopic (exact) mass is 658 g/mol. The van der Waals surface area contributed by atoms with Crippen LogP contribution in [0, 0.1) is 0 Å². The van der Waals surface area contributed by atoms with Crippen molar-refractivity contribution in [1.29, 1.82) is 0 Å². The lowest BCUT2D eigenvalue weighted by atomic mass is 10.1. The van der Waals surface area contributed by atoms with Crippen molar-refractivity contribution >= 4 is 45.5 Å². The minimum Gasteiger partial charge on any atom is -0.395 e. The predicted molar refractivity (Wildman–Crippen MR) is 171 cm³/mol. The summed E-state index contributed by atoms with van der Waals surface area (Å²) in [6.45, 7) is 6.58. The highest BCUT2D eigenvalue weighted by molar-refractivity contribution is 6.06. The lowest BCUT2D eigenvalue weighted by Crippen LogP contribution is -2.35. The molecule has 48 heavy (non-hydrogen) atoms. The van der Waals surface area contributed by atoms with Crippen molar-refractivity contribution in [2.75, 3.05) is 37.7 Å². The van der Waals surface area contributed by atoms with Crippen LogP contribution in [0.1, 0.15) is 53.8 Å². The zero-order valence-electron chi connectivity index (χ0n) is 26.3. The normalized spacial score (nSPS) is 13.1. The summed E-state index contributed by atoms with van der Waals surface area (Å²) in [5, 5.41) is 26.2. The van der Waals surface area contributed by atoms with Crippen LogP contribution in [0.2, 0.25) is 0 Å². The number of hydrogen-bond acceptors (Lipinski definition) is 15. The van der Waals surface area contributed by atoms with Crippen molar-refractivity contribution < 1.29 is 24.0 Å². The second-order valence-corrected chi connectivity index (χ2v) is 10.8. The van der Waals surface area contributed by atoms with Gasteiger partial charge in [-0.3, -0.25) is 19.6 Å². The smallest absolute Gasteiger partial charge is 0.257 e. The van der Waals surface area contributed by atoms with Crippen LogP contribution in [0.3, 0.4) is 0 Å². The Hall–Kier alpha value is -5.98. The van der Waals surface area contributed by atoms with Gasteiger partial charge in [-0.2, -0.15) is 0 Å². The average Bonchev–Trinajstić information content (AvgIpc) is 3.91. The van der Waals surface area contributed by atoms with Gasteiger partial charge in [0.25, 0.3) is 11.8 Å². The van der Waals surface area contributed by atoms with E-state index in [4.69, 9.17) is 21.2 Å². The van der Waals surface area contributed by atoms with Crippen molar-refractivity contribution in [3.63, 3.8) is 0 Å². The number of aliphatic hydroxyl groups is 1. The summed E-state index contributed by atoms with van der Waals surface area (Å²) in [4.78, 5) is 44.4. The summed E-state index contributed by atoms with van der Waals surface area (Å²) in [5.74, 6) is 0.910. The highest BCUT2D eigenvalue weighted by Crippen LogP contribution is 2.30. The number of nitrogen functional groups attached to an aromatic ring is 2. The number of fused-ring (bicyclic) bond motifs is 2. The predicted octanol–water partition coefficient (Wildman–Crippen LogP) is 1.52. The van der Waals surface area contributed by atoms with Crippen LogP contribution in [0.15, 0.2) is 34.0 Å². The Morgan fingerprint density at radius 1 is 0.792 bits per heavy atom. The number of amides is 2. The summed E-state index contributed by atoms with van der Waals surface area (Å²) in [5.41, 5.74) is 15.6. The van der Waals surface area contributed by atoms with Crippen LogP contribution >= 0.6 is 0 Å². The molecule has 0 radical (unpaired) electrons. The van der Waals surface area contributed by atoms with E-state index in [1.807, 2.05) is 23.3 Å². The Bertz CT molecular complexity index is 2070. The number of pyridine rings is 2. The highest BCUT2D eigenvalue weighted by atomic mass is 16.6. The van der Waals surface area contributed by atoms with E-state index in [2.05, 4.69) is 50.5 Å². The number of anilines is 2. The van der Waals surface area contributed by atoms with Crippen molar-refractivity contribution in [2.45, 2.75) is 46.2 Å². The maximum absolute atomic E-state index is 13.0. The summed E-state index contributed by atoms with van der Waals surface area (Å²) in [6.07, 6.45) is 9.50. The molecule has 1 aliphatic rings. The molecule has 0 saturated carbocycles. The third-order valence-corrected chi connectivity index (χ3v) is 7.90. The molecule has 1 aliphatic heterocycles. The molecule has 6 N–H and O–H groups in total. The van der Waals surface area contributed by atoms with Crippen molar-refractivity contribution in [3.05, 3.63) is 35.9 Å². The molecule has 0 atom stereocenters. The number of aliphatic hydroxyl groups excluding tert-OH is 1. The van der Waals surface area contributed by atoms with E-state index in [1.165, 1.54) is 12.6 Å². The molecule has 0 bridgehead atoms. The molecule has 19 heteroatoms. The summed E-state index contributed by atoms with van der Waals surface area (Å²) < 4.78 is 13.0. The van der Waals surface area contributed by atoms with Crippen LogP contribution in [0.4, 0.5) is 11.6 Å². The molecule has 19 nitrogen and oxygen atoms in total. The molecule has 7 heterocycles. The van der Waals surface area contributed by atoms with Crippen LogP contribution in [0.5, 0.6) is 0 Å². The Labute approximate surface area is 272 Å². The Kier molecular flexibility index (Phi) is 9.19. The molecule has 6 aromatic rings.